The summed E-state index contributed by atoms with van der Waals surface area (Å²) in [6.45, 7) is 0.469. The molecule has 122 valence electrons. The molecule has 7 heteroatoms. The lowest BCUT2D eigenvalue weighted by Crippen LogP contribution is -2.38. The Hall–Kier alpha value is -2.15. The van der Waals surface area contributed by atoms with Gasteiger partial charge in [0.15, 0.2) is 5.76 Å². The van der Waals surface area contributed by atoms with Crippen molar-refractivity contribution in [3.05, 3.63) is 36.0 Å². The molecule has 1 unspecified atom stereocenters. The van der Waals surface area contributed by atoms with Crippen molar-refractivity contribution >= 4 is 5.91 Å². The second-order valence-electron chi connectivity index (χ2n) is 6.79. The normalized spacial score (nSPS) is 29.6. The van der Waals surface area contributed by atoms with E-state index in [0.717, 1.165) is 32.1 Å². The Morgan fingerprint density at radius 2 is 2.22 bits per heavy atom. The zero-order valence-electron chi connectivity index (χ0n) is 12.9. The van der Waals surface area contributed by atoms with E-state index in [-0.39, 0.29) is 11.9 Å². The lowest BCUT2D eigenvalue weighted by Gasteiger charge is -2.29. The maximum atomic E-state index is 12.3. The minimum atomic E-state index is -0.143. The molecule has 1 spiro atoms. The number of carbonyl (C=O) groups excluding carboxylic acids is 1. The standard InChI is InChI=1S/C16H21N5O2/c17-14-9-16(14)5-3-11(4-6-16)19-15(22)13-2-1-12(23-13)10-21-8-7-18-20-21/h1-2,7-8,11,14H,3-6,9-10,17H2,(H,19,22). The van der Waals surface area contributed by atoms with Crippen LogP contribution in [0, 0.1) is 5.41 Å². The Bertz CT molecular complexity index is 685. The average Bonchev–Trinajstić information content (AvgIpc) is 2.99. The van der Waals surface area contributed by atoms with E-state index in [9.17, 15) is 4.79 Å². The molecule has 2 aromatic rings. The van der Waals surface area contributed by atoms with Crippen LogP contribution in [0.3, 0.4) is 0 Å². The Morgan fingerprint density at radius 1 is 1.43 bits per heavy atom. The molecule has 0 aromatic carbocycles. The summed E-state index contributed by atoms with van der Waals surface area (Å²) in [4.78, 5) is 12.3. The monoisotopic (exact) mass is 315 g/mol. The Labute approximate surface area is 134 Å². The van der Waals surface area contributed by atoms with Crippen LogP contribution in [0.4, 0.5) is 0 Å². The van der Waals surface area contributed by atoms with Crippen molar-refractivity contribution in [2.75, 3.05) is 0 Å². The van der Waals surface area contributed by atoms with Gasteiger partial charge in [-0.2, -0.15) is 0 Å². The summed E-state index contributed by atoms with van der Waals surface area (Å²) in [6.07, 6.45) is 8.76. The van der Waals surface area contributed by atoms with E-state index in [1.807, 2.05) is 0 Å². The molecule has 0 aliphatic heterocycles. The van der Waals surface area contributed by atoms with Crippen molar-refractivity contribution in [2.45, 2.75) is 50.7 Å². The largest absolute Gasteiger partial charge is 0.454 e. The first-order valence-corrected chi connectivity index (χ1v) is 8.14. The minimum absolute atomic E-state index is 0.143. The van der Waals surface area contributed by atoms with Crippen molar-refractivity contribution in [3.8, 4) is 0 Å². The van der Waals surface area contributed by atoms with Crippen LogP contribution in [0.5, 0.6) is 0 Å². The third-order valence-electron chi connectivity index (χ3n) is 5.24. The van der Waals surface area contributed by atoms with Crippen LogP contribution in [0.1, 0.15) is 48.4 Å². The number of nitrogens with one attached hydrogen (secondary N) is 1. The van der Waals surface area contributed by atoms with Gasteiger partial charge in [0, 0.05) is 18.3 Å². The van der Waals surface area contributed by atoms with E-state index in [1.54, 1.807) is 29.2 Å². The molecule has 2 saturated carbocycles. The number of rotatable bonds is 4. The molecular weight excluding hydrogens is 294 g/mol. The zero-order valence-corrected chi connectivity index (χ0v) is 12.9. The topological polar surface area (TPSA) is 99.0 Å². The van der Waals surface area contributed by atoms with Gasteiger partial charge in [-0.15, -0.1) is 5.10 Å². The van der Waals surface area contributed by atoms with Crippen LogP contribution in [0.2, 0.25) is 0 Å². The number of hydrogen-bond acceptors (Lipinski definition) is 5. The SMILES string of the molecule is NC1CC12CCC(NC(=O)c1ccc(Cn3ccnn3)o1)CC2. The number of nitrogens with two attached hydrogens (primary N) is 1. The molecule has 23 heavy (non-hydrogen) atoms. The molecule has 7 nitrogen and oxygen atoms in total. The predicted octanol–water partition coefficient (Wildman–Crippen LogP) is 1.31. The van der Waals surface area contributed by atoms with Gasteiger partial charge in [-0.25, -0.2) is 4.68 Å². The second kappa shape index (κ2) is 5.49. The summed E-state index contributed by atoms with van der Waals surface area (Å²) in [5.74, 6) is 0.895. The number of amides is 1. The van der Waals surface area contributed by atoms with Crippen molar-refractivity contribution in [3.63, 3.8) is 0 Å². The molecule has 4 rings (SSSR count). The lowest BCUT2D eigenvalue weighted by atomic mass is 9.83. The summed E-state index contributed by atoms with van der Waals surface area (Å²) in [5, 5.41) is 10.7. The number of nitrogens with zero attached hydrogens (tertiary/aromatic N) is 3. The van der Waals surface area contributed by atoms with E-state index in [4.69, 9.17) is 10.2 Å². The van der Waals surface area contributed by atoms with E-state index in [1.165, 1.54) is 0 Å². The van der Waals surface area contributed by atoms with Gasteiger partial charge in [0.05, 0.1) is 6.20 Å². The number of aromatic nitrogens is 3. The Morgan fingerprint density at radius 3 is 2.87 bits per heavy atom. The van der Waals surface area contributed by atoms with E-state index in [2.05, 4.69) is 15.6 Å². The molecule has 0 radical (unpaired) electrons. The molecule has 2 heterocycles. The quantitative estimate of drug-likeness (QED) is 0.886. The van der Waals surface area contributed by atoms with Gasteiger partial charge in [-0.3, -0.25) is 4.79 Å². The van der Waals surface area contributed by atoms with Gasteiger partial charge >= 0.3 is 0 Å². The van der Waals surface area contributed by atoms with Crippen LogP contribution in [-0.2, 0) is 6.54 Å². The number of hydrogen-bond donors (Lipinski definition) is 2. The molecule has 1 amide bonds. The van der Waals surface area contributed by atoms with Crippen LogP contribution >= 0.6 is 0 Å². The molecule has 2 aliphatic carbocycles. The predicted molar refractivity (Wildman–Crippen MR) is 82.6 cm³/mol. The minimum Gasteiger partial charge on any atom is -0.454 e. The number of carbonyl (C=O) groups is 1. The summed E-state index contributed by atoms with van der Waals surface area (Å²) >= 11 is 0. The zero-order chi connectivity index (χ0) is 15.9. The maximum absolute atomic E-state index is 12.3. The van der Waals surface area contributed by atoms with Gasteiger partial charge in [0.25, 0.3) is 5.91 Å². The van der Waals surface area contributed by atoms with Gasteiger partial charge in [-0.05, 0) is 49.7 Å². The smallest absolute Gasteiger partial charge is 0.287 e. The average molecular weight is 315 g/mol. The third kappa shape index (κ3) is 2.88. The van der Waals surface area contributed by atoms with E-state index < -0.39 is 0 Å². The molecule has 2 fully saturated rings. The molecule has 2 aliphatic rings. The maximum Gasteiger partial charge on any atom is 0.287 e. The van der Waals surface area contributed by atoms with Gasteiger partial charge in [-0.1, -0.05) is 5.21 Å². The highest BCUT2D eigenvalue weighted by atomic mass is 16.4. The van der Waals surface area contributed by atoms with Crippen molar-refractivity contribution in [1.82, 2.24) is 20.3 Å². The molecule has 1 atom stereocenters. The fourth-order valence-corrected chi connectivity index (χ4v) is 3.61. The Kier molecular flexibility index (Phi) is 3.45. The lowest BCUT2D eigenvalue weighted by molar-refractivity contribution is 0.0889. The third-order valence-corrected chi connectivity index (χ3v) is 5.24. The first-order valence-electron chi connectivity index (χ1n) is 8.14. The van der Waals surface area contributed by atoms with Crippen molar-refractivity contribution in [1.29, 1.82) is 0 Å². The summed E-state index contributed by atoms with van der Waals surface area (Å²) in [7, 11) is 0. The van der Waals surface area contributed by atoms with Gasteiger partial charge in [0.1, 0.15) is 12.3 Å². The van der Waals surface area contributed by atoms with E-state index >= 15 is 0 Å². The van der Waals surface area contributed by atoms with Crippen LogP contribution in [0.15, 0.2) is 28.9 Å². The highest BCUT2D eigenvalue weighted by Gasteiger charge is 2.52. The molecule has 3 N–H and O–H groups in total. The molecule has 0 saturated heterocycles. The first kappa shape index (κ1) is 14.4. The molecule has 2 aromatic heterocycles. The highest BCUT2D eigenvalue weighted by molar-refractivity contribution is 5.91. The highest BCUT2D eigenvalue weighted by Crippen LogP contribution is 2.54. The summed E-state index contributed by atoms with van der Waals surface area (Å²) in [6, 6.07) is 4.12. The van der Waals surface area contributed by atoms with Crippen LogP contribution < -0.4 is 11.1 Å². The first-order chi connectivity index (χ1) is 11.1. The fourth-order valence-electron chi connectivity index (χ4n) is 3.61. The van der Waals surface area contributed by atoms with Gasteiger partial charge < -0.3 is 15.5 Å². The molecular formula is C16H21N5O2. The number of furan rings is 1. The van der Waals surface area contributed by atoms with Crippen LogP contribution in [-0.4, -0.2) is 33.0 Å². The van der Waals surface area contributed by atoms with Crippen molar-refractivity contribution in [2.24, 2.45) is 11.1 Å². The van der Waals surface area contributed by atoms with E-state index in [0.29, 0.717) is 29.5 Å². The van der Waals surface area contributed by atoms with Gasteiger partial charge in [0.2, 0.25) is 0 Å². The summed E-state index contributed by atoms with van der Waals surface area (Å²) < 4.78 is 7.26. The second-order valence-corrected chi connectivity index (χ2v) is 6.79. The summed E-state index contributed by atoms with van der Waals surface area (Å²) in [5.41, 5.74) is 6.40. The molecule has 0 bridgehead atoms. The fraction of sp³-hybridized carbons (Fsp3) is 0.562. The van der Waals surface area contributed by atoms with Crippen molar-refractivity contribution < 1.29 is 9.21 Å². The Balaban J connectivity index is 1.32. The van der Waals surface area contributed by atoms with Crippen LogP contribution in [0.25, 0.3) is 0 Å².